The lowest BCUT2D eigenvalue weighted by Crippen LogP contribution is -2.02. The highest BCUT2D eigenvalue weighted by molar-refractivity contribution is 6.33. The Morgan fingerprint density at radius 3 is 2.75 bits per heavy atom. The van der Waals surface area contributed by atoms with Gasteiger partial charge in [0, 0.05) is 11.6 Å². The summed E-state index contributed by atoms with van der Waals surface area (Å²) in [4.78, 5) is 11.3. The van der Waals surface area contributed by atoms with Crippen molar-refractivity contribution in [2.75, 3.05) is 7.11 Å². The molecule has 0 N–H and O–H groups in total. The molecule has 1 aromatic heterocycles. The molecule has 100 valence electrons. The molecule has 2 aromatic rings. The summed E-state index contributed by atoms with van der Waals surface area (Å²) in [6.45, 7) is 0. The van der Waals surface area contributed by atoms with Crippen molar-refractivity contribution in [2.24, 2.45) is 0 Å². The van der Waals surface area contributed by atoms with E-state index in [0.717, 1.165) is 5.56 Å². The van der Waals surface area contributed by atoms with Gasteiger partial charge in [0.2, 0.25) is 0 Å². The Bertz CT molecular complexity index is 710. The summed E-state index contributed by atoms with van der Waals surface area (Å²) in [5, 5.41) is 9.44. The molecule has 5 heteroatoms. The molecule has 20 heavy (non-hydrogen) atoms. The normalized spacial score (nSPS) is 10.9. The second-order valence-corrected chi connectivity index (χ2v) is 4.25. The van der Waals surface area contributed by atoms with Crippen LogP contribution in [0.15, 0.2) is 46.4 Å². The smallest absolute Gasteiger partial charge is 0.348 e. The van der Waals surface area contributed by atoms with Gasteiger partial charge < -0.3 is 9.15 Å². The number of nitrogens with zero attached hydrogens (tertiary/aromatic N) is 1. The van der Waals surface area contributed by atoms with E-state index in [2.05, 4.69) is 4.74 Å². The van der Waals surface area contributed by atoms with Gasteiger partial charge >= 0.3 is 5.97 Å². The first-order valence-electron chi connectivity index (χ1n) is 5.70. The second kappa shape index (κ2) is 6.09. The SMILES string of the molecule is COC(=O)C(C#N)=Cc1ccc(-c2ccccc2Cl)o1. The standard InChI is InChI=1S/C15H10ClNO3/c1-19-15(18)10(9-17)8-11-6-7-14(20-11)12-4-2-3-5-13(12)16/h2-8H,1H3. The summed E-state index contributed by atoms with van der Waals surface area (Å²) in [6, 6.07) is 12.4. The van der Waals surface area contributed by atoms with Crippen LogP contribution in [-0.4, -0.2) is 13.1 Å². The molecule has 0 fully saturated rings. The number of hydrogen-bond donors (Lipinski definition) is 0. The molecule has 0 unspecified atom stereocenters. The Hall–Kier alpha value is -2.51. The lowest BCUT2D eigenvalue weighted by atomic mass is 10.2. The maximum atomic E-state index is 11.3. The van der Waals surface area contributed by atoms with Crippen LogP contribution in [0.4, 0.5) is 0 Å². The van der Waals surface area contributed by atoms with Crippen LogP contribution in [-0.2, 0) is 9.53 Å². The Kier molecular flexibility index (Phi) is 4.24. The minimum absolute atomic E-state index is 0.132. The van der Waals surface area contributed by atoms with E-state index in [-0.39, 0.29) is 5.57 Å². The van der Waals surface area contributed by atoms with Crippen molar-refractivity contribution in [2.45, 2.75) is 0 Å². The molecule has 1 heterocycles. The number of ether oxygens (including phenoxy) is 1. The number of carbonyl (C=O) groups excluding carboxylic acids is 1. The topological polar surface area (TPSA) is 63.2 Å². The van der Waals surface area contributed by atoms with Crippen molar-refractivity contribution in [3.63, 3.8) is 0 Å². The Labute approximate surface area is 120 Å². The van der Waals surface area contributed by atoms with E-state index < -0.39 is 5.97 Å². The van der Waals surface area contributed by atoms with E-state index in [0.29, 0.717) is 16.5 Å². The minimum Gasteiger partial charge on any atom is -0.465 e. The fraction of sp³-hybridized carbons (Fsp3) is 0.0667. The summed E-state index contributed by atoms with van der Waals surface area (Å²) < 4.78 is 10.1. The molecule has 0 aliphatic rings. The molecule has 1 aromatic carbocycles. The lowest BCUT2D eigenvalue weighted by molar-refractivity contribution is -0.135. The van der Waals surface area contributed by atoms with Crippen LogP contribution in [0.25, 0.3) is 17.4 Å². The van der Waals surface area contributed by atoms with Crippen molar-refractivity contribution >= 4 is 23.6 Å². The van der Waals surface area contributed by atoms with E-state index in [9.17, 15) is 4.79 Å². The molecule has 0 atom stereocenters. The molecule has 0 aliphatic heterocycles. The summed E-state index contributed by atoms with van der Waals surface area (Å²) in [5.74, 6) is 0.231. The third kappa shape index (κ3) is 2.90. The number of benzene rings is 1. The van der Waals surface area contributed by atoms with E-state index in [1.807, 2.05) is 18.2 Å². The van der Waals surface area contributed by atoms with Crippen LogP contribution in [0.3, 0.4) is 0 Å². The van der Waals surface area contributed by atoms with Crippen molar-refractivity contribution in [1.29, 1.82) is 5.26 Å². The molecule has 0 bridgehead atoms. The molecule has 0 spiro atoms. The molecule has 0 saturated carbocycles. The Morgan fingerprint density at radius 2 is 2.10 bits per heavy atom. The molecular weight excluding hydrogens is 278 g/mol. The predicted molar refractivity (Wildman–Crippen MR) is 74.8 cm³/mol. The van der Waals surface area contributed by atoms with Gasteiger partial charge in [-0.2, -0.15) is 5.26 Å². The number of hydrogen-bond acceptors (Lipinski definition) is 4. The maximum absolute atomic E-state index is 11.3. The number of halogens is 1. The number of carbonyl (C=O) groups is 1. The molecule has 0 amide bonds. The van der Waals surface area contributed by atoms with Gasteiger partial charge in [-0.3, -0.25) is 0 Å². The number of methoxy groups -OCH3 is 1. The van der Waals surface area contributed by atoms with Gasteiger partial charge in [-0.25, -0.2) is 4.79 Å². The largest absolute Gasteiger partial charge is 0.465 e. The monoisotopic (exact) mass is 287 g/mol. The van der Waals surface area contributed by atoms with Crippen molar-refractivity contribution in [1.82, 2.24) is 0 Å². The van der Waals surface area contributed by atoms with E-state index in [4.69, 9.17) is 21.3 Å². The third-order valence-corrected chi connectivity index (χ3v) is 2.91. The number of furan rings is 1. The third-order valence-electron chi connectivity index (χ3n) is 2.58. The van der Waals surface area contributed by atoms with Crippen molar-refractivity contribution < 1.29 is 13.9 Å². The number of esters is 1. The highest BCUT2D eigenvalue weighted by Gasteiger charge is 2.11. The van der Waals surface area contributed by atoms with Crippen molar-refractivity contribution in [3.05, 3.63) is 52.8 Å². The first-order valence-corrected chi connectivity index (χ1v) is 6.08. The molecule has 4 nitrogen and oxygen atoms in total. The summed E-state index contributed by atoms with van der Waals surface area (Å²) in [6.07, 6.45) is 1.33. The zero-order valence-corrected chi connectivity index (χ0v) is 11.3. The van der Waals surface area contributed by atoms with Crippen LogP contribution in [0, 0.1) is 11.3 Å². The summed E-state index contributed by atoms with van der Waals surface area (Å²) >= 11 is 6.07. The quantitative estimate of drug-likeness (QED) is 0.491. The summed E-state index contributed by atoms with van der Waals surface area (Å²) in [5.41, 5.74) is 0.609. The minimum atomic E-state index is -0.705. The Balaban J connectivity index is 2.35. The Morgan fingerprint density at radius 1 is 1.35 bits per heavy atom. The van der Waals surface area contributed by atoms with Crippen molar-refractivity contribution in [3.8, 4) is 17.4 Å². The van der Waals surface area contributed by atoms with Gasteiger partial charge in [0.15, 0.2) is 0 Å². The highest BCUT2D eigenvalue weighted by Crippen LogP contribution is 2.29. The lowest BCUT2D eigenvalue weighted by Gasteiger charge is -1.99. The van der Waals surface area contributed by atoms with Crippen LogP contribution in [0.1, 0.15) is 5.76 Å². The number of rotatable bonds is 3. The van der Waals surface area contributed by atoms with Crippen LogP contribution in [0.2, 0.25) is 5.02 Å². The van der Waals surface area contributed by atoms with Crippen LogP contribution in [0.5, 0.6) is 0 Å². The molecule has 0 saturated heterocycles. The van der Waals surface area contributed by atoms with Gasteiger partial charge in [-0.05, 0) is 24.3 Å². The molecule has 0 aliphatic carbocycles. The first-order chi connectivity index (χ1) is 9.65. The van der Waals surface area contributed by atoms with Gasteiger partial charge in [-0.15, -0.1) is 0 Å². The van der Waals surface area contributed by atoms with Gasteiger partial charge in [0.25, 0.3) is 0 Å². The van der Waals surface area contributed by atoms with E-state index >= 15 is 0 Å². The van der Waals surface area contributed by atoms with Crippen LogP contribution >= 0.6 is 11.6 Å². The number of nitriles is 1. The van der Waals surface area contributed by atoms with Crippen LogP contribution < -0.4 is 0 Å². The molecule has 2 rings (SSSR count). The maximum Gasteiger partial charge on any atom is 0.348 e. The van der Waals surface area contributed by atoms with Gasteiger partial charge in [0.05, 0.1) is 12.1 Å². The predicted octanol–water partition coefficient (Wildman–Crippen LogP) is 3.68. The fourth-order valence-corrected chi connectivity index (χ4v) is 1.85. The fourth-order valence-electron chi connectivity index (χ4n) is 1.63. The van der Waals surface area contributed by atoms with Gasteiger partial charge in [0.1, 0.15) is 23.2 Å². The average Bonchev–Trinajstić information content (AvgIpc) is 2.92. The molecular formula is C15H10ClNO3. The van der Waals surface area contributed by atoms with E-state index in [1.54, 1.807) is 24.3 Å². The molecule has 0 radical (unpaired) electrons. The second-order valence-electron chi connectivity index (χ2n) is 3.84. The first kappa shape index (κ1) is 13.9. The zero-order chi connectivity index (χ0) is 14.5. The van der Waals surface area contributed by atoms with Gasteiger partial charge in [-0.1, -0.05) is 23.7 Å². The zero-order valence-electron chi connectivity index (χ0n) is 10.6. The average molecular weight is 288 g/mol. The highest BCUT2D eigenvalue weighted by atomic mass is 35.5. The van der Waals surface area contributed by atoms with E-state index in [1.165, 1.54) is 13.2 Å². The summed E-state index contributed by atoms with van der Waals surface area (Å²) in [7, 11) is 1.21.